The van der Waals surface area contributed by atoms with Crippen LogP contribution >= 0.6 is 23.4 Å². The van der Waals surface area contributed by atoms with Crippen LogP contribution in [0.15, 0.2) is 35.6 Å². The number of ketones is 1. The second kappa shape index (κ2) is 7.47. The van der Waals surface area contributed by atoms with Crippen molar-refractivity contribution in [1.82, 2.24) is 15.0 Å². The highest BCUT2D eigenvalue weighted by molar-refractivity contribution is 7.98. The van der Waals surface area contributed by atoms with Crippen LogP contribution in [-0.2, 0) is 4.74 Å². The Morgan fingerprint density at radius 3 is 2.77 bits per heavy atom. The van der Waals surface area contributed by atoms with E-state index in [0.29, 0.717) is 10.7 Å². The SMILES string of the molecule is CSc1ncc(Cl)c(C(=O)OC(C)C(=O)c2c(C)[nH]c3ccccc23)n1. The second-order valence-electron chi connectivity index (χ2n) is 5.64. The van der Waals surface area contributed by atoms with Crippen molar-refractivity contribution in [2.24, 2.45) is 0 Å². The minimum absolute atomic E-state index is 0.0543. The Balaban J connectivity index is 1.85. The molecule has 6 nitrogen and oxygen atoms in total. The van der Waals surface area contributed by atoms with Crippen LogP contribution < -0.4 is 0 Å². The number of H-pyrrole nitrogens is 1. The first-order valence-corrected chi connectivity index (χ1v) is 9.41. The van der Waals surface area contributed by atoms with Gasteiger partial charge in [-0.15, -0.1) is 0 Å². The van der Waals surface area contributed by atoms with Crippen LogP contribution in [0.5, 0.6) is 0 Å². The van der Waals surface area contributed by atoms with E-state index in [2.05, 4.69) is 15.0 Å². The largest absolute Gasteiger partial charge is 0.449 e. The first-order chi connectivity index (χ1) is 12.4. The molecule has 1 aromatic carbocycles. The van der Waals surface area contributed by atoms with Gasteiger partial charge in [0.05, 0.1) is 11.2 Å². The van der Waals surface area contributed by atoms with E-state index in [0.717, 1.165) is 16.6 Å². The van der Waals surface area contributed by atoms with Gasteiger partial charge in [0.1, 0.15) is 0 Å². The Labute approximate surface area is 159 Å². The molecule has 1 unspecified atom stereocenters. The van der Waals surface area contributed by atoms with Crippen LogP contribution in [0.4, 0.5) is 0 Å². The van der Waals surface area contributed by atoms with Gasteiger partial charge in [-0.2, -0.15) is 0 Å². The third-order valence-corrected chi connectivity index (χ3v) is 4.73. The number of halogens is 1. The number of nitrogens with one attached hydrogen (secondary N) is 1. The van der Waals surface area contributed by atoms with E-state index in [9.17, 15) is 9.59 Å². The average Bonchev–Trinajstić information content (AvgIpc) is 2.97. The number of hydrogen-bond acceptors (Lipinski definition) is 6. The van der Waals surface area contributed by atoms with Crippen LogP contribution in [0, 0.1) is 6.92 Å². The predicted octanol–water partition coefficient (Wildman–Crippen LogP) is 4.07. The molecule has 0 aliphatic heterocycles. The Kier molecular flexibility index (Phi) is 5.29. The molecule has 0 amide bonds. The van der Waals surface area contributed by atoms with Gasteiger partial charge in [-0.05, 0) is 26.2 Å². The quantitative estimate of drug-likeness (QED) is 0.306. The van der Waals surface area contributed by atoms with E-state index in [1.54, 1.807) is 6.26 Å². The molecule has 0 radical (unpaired) electrons. The summed E-state index contributed by atoms with van der Waals surface area (Å²) in [4.78, 5) is 36.5. The maximum atomic E-state index is 12.8. The summed E-state index contributed by atoms with van der Waals surface area (Å²) in [5.41, 5.74) is 2.04. The second-order valence-corrected chi connectivity index (χ2v) is 6.82. The molecule has 1 atom stereocenters. The maximum absolute atomic E-state index is 12.8. The number of thioether (sulfide) groups is 1. The van der Waals surface area contributed by atoms with Crippen molar-refractivity contribution in [2.45, 2.75) is 25.1 Å². The minimum Gasteiger partial charge on any atom is -0.449 e. The number of aromatic amines is 1. The van der Waals surface area contributed by atoms with E-state index < -0.39 is 12.1 Å². The number of carbonyl (C=O) groups is 2. The zero-order chi connectivity index (χ0) is 18.8. The zero-order valence-electron chi connectivity index (χ0n) is 14.4. The number of hydrogen-bond donors (Lipinski definition) is 1. The molecule has 8 heteroatoms. The van der Waals surface area contributed by atoms with Crippen molar-refractivity contribution in [3.63, 3.8) is 0 Å². The summed E-state index contributed by atoms with van der Waals surface area (Å²) < 4.78 is 5.32. The van der Waals surface area contributed by atoms with E-state index in [4.69, 9.17) is 16.3 Å². The fourth-order valence-electron chi connectivity index (χ4n) is 2.66. The number of Topliss-reactive ketones (excluding diaryl/α,β-unsaturated/α-hetero) is 1. The highest BCUT2D eigenvalue weighted by Gasteiger charge is 2.26. The minimum atomic E-state index is -0.982. The molecular weight excluding hydrogens is 374 g/mol. The Bertz CT molecular complexity index is 1000. The number of rotatable bonds is 5. The molecule has 0 aliphatic rings. The van der Waals surface area contributed by atoms with Crippen molar-refractivity contribution in [3.05, 3.63) is 52.4 Å². The third-order valence-electron chi connectivity index (χ3n) is 3.89. The van der Waals surface area contributed by atoms with E-state index in [-0.39, 0.29) is 16.5 Å². The highest BCUT2D eigenvalue weighted by atomic mass is 35.5. The molecule has 0 bridgehead atoms. The van der Waals surface area contributed by atoms with Crippen LogP contribution in [0.25, 0.3) is 10.9 Å². The van der Waals surface area contributed by atoms with Gasteiger partial charge in [0.15, 0.2) is 17.0 Å². The number of para-hydroxylation sites is 1. The summed E-state index contributed by atoms with van der Waals surface area (Å²) in [6, 6.07) is 7.48. The Morgan fingerprint density at radius 2 is 2.04 bits per heavy atom. The van der Waals surface area contributed by atoms with E-state index in [1.807, 2.05) is 31.2 Å². The fraction of sp³-hybridized carbons (Fsp3) is 0.222. The van der Waals surface area contributed by atoms with E-state index in [1.165, 1.54) is 24.9 Å². The first-order valence-electron chi connectivity index (χ1n) is 7.81. The summed E-state index contributed by atoms with van der Waals surface area (Å²) >= 11 is 7.26. The molecule has 26 heavy (non-hydrogen) atoms. The normalized spacial score (nSPS) is 12.2. The predicted molar refractivity (Wildman–Crippen MR) is 101 cm³/mol. The van der Waals surface area contributed by atoms with Crippen molar-refractivity contribution in [1.29, 1.82) is 0 Å². The fourth-order valence-corrected chi connectivity index (χ4v) is 3.17. The lowest BCUT2D eigenvalue weighted by molar-refractivity contribution is 0.0312. The number of esters is 1. The molecular formula is C18H16ClN3O3S. The zero-order valence-corrected chi connectivity index (χ0v) is 15.9. The first kappa shape index (κ1) is 18.4. The molecule has 1 N–H and O–H groups in total. The number of fused-ring (bicyclic) bond motifs is 1. The lowest BCUT2D eigenvalue weighted by atomic mass is 10.0. The van der Waals surface area contributed by atoms with Crippen LogP contribution in [0.2, 0.25) is 5.02 Å². The van der Waals surface area contributed by atoms with Crippen LogP contribution in [0.3, 0.4) is 0 Å². The van der Waals surface area contributed by atoms with E-state index >= 15 is 0 Å². The summed E-state index contributed by atoms with van der Waals surface area (Å²) in [5, 5.41) is 1.27. The average molecular weight is 390 g/mol. The monoisotopic (exact) mass is 389 g/mol. The summed E-state index contributed by atoms with van der Waals surface area (Å²) in [7, 11) is 0. The Hall–Kier alpha value is -2.38. The van der Waals surface area contributed by atoms with Crippen molar-refractivity contribution >= 4 is 46.0 Å². The molecule has 0 fully saturated rings. The molecule has 134 valence electrons. The van der Waals surface area contributed by atoms with Crippen LogP contribution in [0.1, 0.15) is 33.5 Å². The molecule has 0 aliphatic carbocycles. The topological polar surface area (TPSA) is 84.9 Å². The van der Waals surface area contributed by atoms with Gasteiger partial charge in [-0.25, -0.2) is 14.8 Å². The summed E-state index contributed by atoms with van der Waals surface area (Å²) in [5.74, 6) is -1.05. The van der Waals surface area contributed by atoms with Gasteiger partial charge in [0.25, 0.3) is 0 Å². The van der Waals surface area contributed by atoms with Gasteiger partial charge in [0.2, 0.25) is 5.78 Å². The molecule has 0 saturated heterocycles. The highest BCUT2D eigenvalue weighted by Crippen LogP contribution is 2.24. The molecule has 2 heterocycles. The van der Waals surface area contributed by atoms with Crippen molar-refractivity contribution in [2.75, 3.05) is 6.26 Å². The number of nitrogens with zero attached hydrogens (tertiary/aromatic N) is 2. The number of aromatic nitrogens is 3. The number of carbonyl (C=O) groups excluding carboxylic acids is 2. The lowest BCUT2D eigenvalue weighted by Gasteiger charge is -2.13. The standard InChI is InChI=1S/C18H16ClN3O3S/c1-9-14(11-6-4-5-7-13(11)21-9)16(23)10(2)25-17(24)15-12(19)8-20-18(22-15)26-3/h4-8,10,21H,1-3H3. The smallest absolute Gasteiger partial charge is 0.359 e. The number of aryl methyl sites for hydroxylation is 1. The number of benzene rings is 1. The molecule has 0 saturated carbocycles. The summed E-state index contributed by atoms with van der Waals surface area (Å²) in [6.07, 6.45) is 2.14. The van der Waals surface area contributed by atoms with Crippen molar-refractivity contribution < 1.29 is 14.3 Å². The number of ether oxygens (including phenoxy) is 1. The lowest BCUT2D eigenvalue weighted by Crippen LogP contribution is -2.25. The van der Waals surface area contributed by atoms with Crippen LogP contribution in [-0.4, -0.2) is 39.1 Å². The van der Waals surface area contributed by atoms with Gasteiger partial charge >= 0.3 is 5.97 Å². The van der Waals surface area contributed by atoms with Gasteiger partial charge in [-0.1, -0.05) is 41.6 Å². The molecule has 3 aromatic rings. The maximum Gasteiger partial charge on any atom is 0.359 e. The molecule has 0 spiro atoms. The molecule has 2 aromatic heterocycles. The third kappa shape index (κ3) is 3.45. The van der Waals surface area contributed by atoms with Gasteiger partial charge in [0, 0.05) is 22.2 Å². The summed E-state index contributed by atoms with van der Waals surface area (Å²) in [6.45, 7) is 3.35. The molecule has 3 rings (SSSR count). The van der Waals surface area contributed by atoms with Crippen molar-refractivity contribution in [3.8, 4) is 0 Å². The Morgan fingerprint density at radius 1 is 1.31 bits per heavy atom. The van der Waals surface area contributed by atoms with Gasteiger partial charge in [-0.3, -0.25) is 4.79 Å². The van der Waals surface area contributed by atoms with Gasteiger partial charge < -0.3 is 9.72 Å².